The molecule has 0 fully saturated rings. The Morgan fingerprint density at radius 1 is 0.800 bits per heavy atom. The molecule has 0 unspecified atom stereocenters. The van der Waals surface area contributed by atoms with Crippen LogP contribution in [0.2, 0.25) is 0 Å². The van der Waals surface area contributed by atoms with E-state index in [9.17, 15) is 4.39 Å². The van der Waals surface area contributed by atoms with E-state index < -0.39 is 18.5 Å². The topological polar surface area (TPSA) is 173 Å². The molecule has 0 atom stereocenters. The maximum atomic E-state index is 10.1. The van der Waals surface area contributed by atoms with Gasteiger partial charge in [0.25, 0.3) is 0 Å². The molecule has 0 aliphatic rings. The van der Waals surface area contributed by atoms with Crippen LogP contribution in [0.3, 0.4) is 0 Å². The van der Waals surface area contributed by atoms with Gasteiger partial charge in [0.05, 0.1) is 6.33 Å². The van der Waals surface area contributed by atoms with E-state index >= 15 is 0 Å². The summed E-state index contributed by atoms with van der Waals surface area (Å²) in [5, 5.41) is 41.8. The van der Waals surface area contributed by atoms with Crippen LogP contribution in [-0.4, -0.2) is 49.1 Å². The molecule has 0 saturated heterocycles. The van der Waals surface area contributed by atoms with Gasteiger partial charge in [-0.3, -0.25) is 0 Å². The molecule has 10 heteroatoms. The van der Waals surface area contributed by atoms with Crippen molar-refractivity contribution in [3.8, 4) is 0 Å². The highest BCUT2D eigenvalue weighted by atomic mass is 19.1. The molecule has 0 bridgehead atoms. The Morgan fingerprint density at radius 3 is 0.800 bits per heavy atom. The molecular weight excluding hydrogens is 223 g/mol. The van der Waals surface area contributed by atoms with Crippen molar-refractivity contribution in [1.82, 2.24) is 0 Å². The second-order valence-corrected chi connectivity index (χ2v) is 1.00. The third kappa shape index (κ3) is 162. The highest BCUT2D eigenvalue weighted by Gasteiger charge is 1.70. The van der Waals surface area contributed by atoms with Crippen LogP contribution in [0.15, 0.2) is 12.9 Å². The predicted octanol–water partition coefficient (Wildman–Crippen LogP) is 1.77. The smallest absolute Gasteiger partial charge is 0.450 e. The number of hydrogen-bond donors (Lipinski definition) is 6. The SMILES string of the molecule is C=CF.O=C(O)O.O=C(O)O.O=C(O)O. The lowest BCUT2D eigenvalue weighted by molar-refractivity contribution is 0.135. The van der Waals surface area contributed by atoms with Crippen molar-refractivity contribution in [2.45, 2.75) is 0 Å². The first-order valence-electron chi connectivity index (χ1n) is 2.58. The quantitative estimate of drug-likeness (QED) is 0.363. The van der Waals surface area contributed by atoms with Crippen molar-refractivity contribution in [2.24, 2.45) is 0 Å². The molecule has 0 aliphatic heterocycles. The lowest BCUT2D eigenvalue weighted by Gasteiger charge is -1.60. The van der Waals surface area contributed by atoms with E-state index in [0.717, 1.165) is 0 Å². The van der Waals surface area contributed by atoms with Crippen LogP contribution >= 0.6 is 0 Å². The zero-order chi connectivity index (χ0) is 13.4. The Morgan fingerprint density at radius 2 is 0.800 bits per heavy atom. The van der Waals surface area contributed by atoms with Gasteiger partial charge in [-0.1, -0.05) is 6.58 Å². The molecule has 0 amide bonds. The van der Waals surface area contributed by atoms with E-state index in [1.807, 2.05) is 0 Å². The molecule has 0 aromatic heterocycles. The van der Waals surface area contributed by atoms with Crippen LogP contribution < -0.4 is 0 Å². The molecule has 6 N–H and O–H groups in total. The van der Waals surface area contributed by atoms with Crippen LogP contribution in [0.4, 0.5) is 18.8 Å². The van der Waals surface area contributed by atoms with Crippen molar-refractivity contribution in [3.05, 3.63) is 12.9 Å². The van der Waals surface area contributed by atoms with E-state index in [2.05, 4.69) is 6.58 Å². The minimum atomic E-state index is -1.83. The average molecular weight is 232 g/mol. The van der Waals surface area contributed by atoms with Gasteiger partial charge in [-0.2, -0.15) is 0 Å². The molecule has 0 aliphatic carbocycles. The summed E-state index contributed by atoms with van der Waals surface area (Å²) in [4.78, 5) is 25.7. The molecule has 0 aromatic carbocycles. The summed E-state index contributed by atoms with van der Waals surface area (Å²) in [5.74, 6) is 0. The van der Waals surface area contributed by atoms with Crippen LogP contribution in [-0.2, 0) is 0 Å². The molecule has 0 heterocycles. The molecule has 90 valence electrons. The molecule has 9 nitrogen and oxygen atoms in total. The van der Waals surface area contributed by atoms with E-state index in [1.165, 1.54) is 0 Å². The number of halogens is 1. The monoisotopic (exact) mass is 232 g/mol. The average Bonchev–Trinajstić information content (AvgIpc) is 1.81. The Hall–Kier alpha value is -2.52. The first kappa shape index (κ1) is 22.9. The minimum Gasteiger partial charge on any atom is -0.450 e. The summed E-state index contributed by atoms with van der Waals surface area (Å²) in [5.41, 5.74) is 0. The number of carboxylic acid groups (broad SMARTS) is 6. The van der Waals surface area contributed by atoms with Crippen LogP contribution in [0, 0.1) is 0 Å². The summed E-state index contributed by atoms with van der Waals surface area (Å²) in [6, 6.07) is 0. The molecular formula is C5H9FO9. The number of rotatable bonds is 0. The van der Waals surface area contributed by atoms with Gasteiger partial charge in [0, 0.05) is 0 Å². The van der Waals surface area contributed by atoms with Crippen LogP contribution in [0.25, 0.3) is 0 Å². The second kappa shape index (κ2) is 22.5. The van der Waals surface area contributed by atoms with Crippen LogP contribution in [0.5, 0.6) is 0 Å². The van der Waals surface area contributed by atoms with Gasteiger partial charge in [0.1, 0.15) is 0 Å². The molecule has 0 rings (SSSR count). The maximum absolute atomic E-state index is 10.1. The van der Waals surface area contributed by atoms with Gasteiger partial charge >= 0.3 is 18.5 Å². The van der Waals surface area contributed by atoms with E-state index in [4.69, 9.17) is 45.0 Å². The molecule has 0 spiro atoms. The highest BCUT2D eigenvalue weighted by Crippen LogP contribution is 1.48. The summed E-state index contributed by atoms with van der Waals surface area (Å²) < 4.78 is 10.1. The van der Waals surface area contributed by atoms with Gasteiger partial charge in [-0.25, -0.2) is 18.8 Å². The largest absolute Gasteiger partial charge is 0.503 e. The lowest BCUT2D eigenvalue weighted by atomic mass is 11.2. The number of carbonyl (C=O) groups is 3. The third-order valence-electron chi connectivity index (χ3n) is 0. The second-order valence-electron chi connectivity index (χ2n) is 1.00. The standard InChI is InChI=1S/C2H3F.3CH2O3/c1-2-3;3*2-1(3)4/h2H,1H2;3*(H2,2,3,4). The summed E-state index contributed by atoms with van der Waals surface area (Å²) in [7, 11) is 0. The molecule has 0 radical (unpaired) electrons. The van der Waals surface area contributed by atoms with Crippen LogP contribution in [0.1, 0.15) is 0 Å². The van der Waals surface area contributed by atoms with Crippen molar-refractivity contribution in [3.63, 3.8) is 0 Å². The van der Waals surface area contributed by atoms with Gasteiger partial charge in [-0.05, 0) is 0 Å². The fraction of sp³-hybridized carbons (Fsp3) is 0. The van der Waals surface area contributed by atoms with Gasteiger partial charge in [-0.15, -0.1) is 0 Å². The van der Waals surface area contributed by atoms with E-state index in [-0.39, 0.29) is 6.33 Å². The fourth-order valence-electron chi connectivity index (χ4n) is 0. The summed E-state index contributed by atoms with van der Waals surface area (Å²) in [6.45, 7) is 2.69. The Balaban J connectivity index is -0.0000000542. The lowest BCUT2D eigenvalue weighted by Crippen LogP contribution is -1.81. The zero-order valence-electron chi connectivity index (χ0n) is 7.07. The maximum Gasteiger partial charge on any atom is 0.503 e. The van der Waals surface area contributed by atoms with Gasteiger partial charge in [0.2, 0.25) is 0 Å². The van der Waals surface area contributed by atoms with Crippen molar-refractivity contribution in [1.29, 1.82) is 0 Å². The van der Waals surface area contributed by atoms with E-state index in [0.29, 0.717) is 0 Å². The Kier molecular flexibility index (Phi) is 34.4. The normalized spacial score (nSPS) is 5.67. The Labute approximate surface area is 81.9 Å². The van der Waals surface area contributed by atoms with Gasteiger partial charge < -0.3 is 30.6 Å². The highest BCUT2D eigenvalue weighted by molar-refractivity contribution is 5.53. The van der Waals surface area contributed by atoms with Crippen molar-refractivity contribution in [2.75, 3.05) is 0 Å². The molecule has 0 aromatic rings. The first-order valence-corrected chi connectivity index (χ1v) is 2.58. The van der Waals surface area contributed by atoms with E-state index in [1.54, 1.807) is 0 Å². The van der Waals surface area contributed by atoms with Gasteiger partial charge in [0.15, 0.2) is 0 Å². The first-order chi connectivity index (χ1) is 6.61. The predicted molar refractivity (Wildman–Crippen MR) is 43.3 cm³/mol. The summed E-state index contributed by atoms with van der Waals surface area (Å²) in [6.07, 6.45) is -5.25. The zero-order valence-corrected chi connectivity index (χ0v) is 7.07. The molecule has 0 saturated carbocycles. The molecule has 15 heavy (non-hydrogen) atoms. The minimum absolute atomic E-state index is 0.250. The third-order valence-corrected chi connectivity index (χ3v) is 0. The fourth-order valence-corrected chi connectivity index (χ4v) is 0. The summed E-state index contributed by atoms with van der Waals surface area (Å²) >= 11 is 0. The number of hydrogen-bond acceptors (Lipinski definition) is 3. The van der Waals surface area contributed by atoms with Crippen molar-refractivity contribution >= 4 is 18.5 Å². The van der Waals surface area contributed by atoms with Crippen molar-refractivity contribution < 1.29 is 49.4 Å². The Bertz CT molecular complexity index is 148.